The predicted octanol–water partition coefficient (Wildman–Crippen LogP) is 1.09. The van der Waals surface area contributed by atoms with E-state index in [1.807, 2.05) is 20.8 Å². The molecular formula is C59H83AlClN7O18. The summed E-state index contributed by atoms with van der Waals surface area (Å²) >= 11 is 8.48. The molecule has 25 nitrogen and oxygen atoms in total. The Bertz CT molecular complexity index is 2720. The number of rotatable bonds is 25. The van der Waals surface area contributed by atoms with Crippen LogP contribution in [0.1, 0.15) is 116 Å². The fourth-order valence-electron chi connectivity index (χ4n) is 9.61. The summed E-state index contributed by atoms with van der Waals surface area (Å²) in [6.45, 7) is 11.6. The Hall–Kier alpha value is -6.21. The third-order valence-corrected chi connectivity index (χ3v) is 15.6. The molecule has 2 aromatic rings. The van der Waals surface area contributed by atoms with Gasteiger partial charge in [-0.2, -0.15) is 0 Å². The number of hydrogen-bond donors (Lipinski definition) is 10. The van der Waals surface area contributed by atoms with Gasteiger partial charge in [0, 0.05) is 64.8 Å². The fourth-order valence-corrected chi connectivity index (χ4v) is 10.0. The van der Waals surface area contributed by atoms with Crippen LogP contribution in [0.15, 0.2) is 54.6 Å². The van der Waals surface area contributed by atoms with Gasteiger partial charge in [-0.3, -0.25) is 38.4 Å². The van der Waals surface area contributed by atoms with Gasteiger partial charge in [-0.25, -0.2) is 4.79 Å². The Balaban J connectivity index is 1.28. The molecule has 86 heavy (non-hydrogen) atoms. The molecule has 3 heterocycles. The molecule has 3 aliphatic rings. The van der Waals surface area contributed by atoms with E-state index in [0.29, 0.717) is 21.9 Å². The van der Waals surface area contributed by atoms with E-state index in [9.17, 15) is 58.5 Å². The van der Waals surface area contributed by atoms with Crippen LogP contribution in [0.3, 0.4) is 0 Å². The van der Waals surface area contributed by atoms with Gasteiger partial charge < -0.3 is 79.9 Å². The van der Waals surface area contributed by atoms with Crippen LogP contribution in [0.5, 0.6) is 5.75 Å². The number of benzene rings is 2. The molecule has 2 saturated heterocycles. The van der Waals surface area contributed by atoms with Gasteiger partial charge in [-0.15, -0.1) is 0 Å². The van der Waals surface area contributed by atoms with Crippen molar-refractivity contribution < 1.29 is 86.9 Å². The summed E-state index contributed by atoms with van der Waals surface area (Å²) in [7, 11) is 2.71. The van der Waals surface area contributed by atoms with Gasteiger partial charge in [0.25, 0.3) is 0 Å². The molecule has 10 N–H and O–H groups in total. The molecule has 0 saturated carbocycles. The first-order valence-electron chi connectivity index (χ1n) is 28.8. The average Bonchev–Trinajstić information content (AvgIpc) is 1.96. The maximum Gasteiger partial charge on any atom is 0.347 e. The first-order valence-corrected chi connectivity index (χ1v) is 29.7. The van der Waals surface area contributed by atoms with Crippen molar-refractivity contribution in [3.05, 3.63) is 76.3 Å². The lowest BCUT2D eigenvalue weighted by atomic mass is 9.92. The number of carbonyl (C=O) groups is 9. The van der Waals surface area contributed by atoms with Crippen LogP contribution in [-0.2, 0) is 79.8 Å². The topological polar surface area (TPSA) is 357 Å². The van der Waals surface area contributed by atoms with Gasteiger partial charge in [0.1, 0.15) is 60.5 Å². The average molecular weight is 1240 g/mol. The molecule has 2 radical (unpaired) electrons. The standard InChI is InChI=1S/C59H84ClN7O18.Al/c1-30(2)24-41-56(78)82-39(12-10-14-45(70)65-38(26-34-18-22-40(80-8)36(60)25-34)54(76)64-29-59(6,7)58(79)84-41)32(5)51-52(85-51)35-19-16-33(17-20-35)27-63-53(75)37(66-55(77)47(31(3)4)67-46(71)15-11-13-43(61)68)21-23-44(69)62-28-42-48(72)49(73)50(74)57(81-9)83-42;/h10,14,16-20,22,25,30-32,37-39,41-42,47-52,57,72-74H,11-13,15,21,23-24,26-29H2,1-9H3,(H8,61,62,63,64,65,66,67,68,69,70,71,75,76,77);/q;+1/p-1/b14-10+;/t32-,37-,38+,39-,41-,42+,47-,48+,49-,50+,51+,52+,57+;/m0./s1. The van der Waals surface area contributed by atoms with E-state index in [-0.39, 0.29) is 82.8 Å². The third-order valence-electron chi connectivity index (χ3n) is 15.0. The third kappa shape index (κ3) is 21.0. The molecule has 0 spiro atoms. The number of halogens is 1. The summed E-state index contributed by atoms with van der Waals surface area (Å²) in [6, 6.07) is 8.63. The van der Waals surface area contributed by atoms with Crippen molar-refractivity contribution >= 4 is 81.4 Å². The summed E-state index contributed by atoms with van der Waals surface area (Å²) in [5.41, 5.74) is 0.709. The lowest BCUT2D eigenvalue weighted by Crippen LogP contribution is -2.60. The van der Waals surface area contributed by atoms with Crippen molar-refractivity contribution in [3.63, 3.8) is 0 Å². The molecule has 7 amide bonds. The van der Waals surface area contributed by atoms with E-state index in [2.05, 4.69) is 52.7 Å². The number of esters is 2. The normalized spacial score (nSPS) is 25.8. The predicted molar refractivity (Wildman–Crippen MR) is 311 cm³/mol. The highest BCUT2D eigenvalue weighted by molar-refractivity contribution is 6.32. The van der Waals surface area contributed by atoms with Gasteiger partial charge >= 0.3 is 28.4 Å². The zero-order valence-corrected chi connectivity index (χ0v) is 52.0. The lowest BCUT2D eigenvalue weighted by Gasteiger charge is -2.39. The molecule has 2 fully saturated rings. The second kappa shape index (κ2) is 33.2. The van der Waals surface area contributed by atoms with Gasteiger partial charge in [0.2, 0.25) is 35.4 Å². The van der Waals surface area contributed by atoms with E-state index in [4.69, 9.17) is 40.0 Å². The highest BCUT2D eigenvalue weighted by atomic mass is 35.5. The van der Waals surface area contributed by atoms with Crippen LogP contribution in [0.25, 0.3) is 0 Å². The molecule has 0 aromatic heterocycles. The highest BCUT2D eigenvalue weighted by Gasteiger charge is 2.48. The first kappa shape index (κ1) is 70.6. The van der Waals surface area contributed by atoms with Crippen molar-refractivity contribution in [1.82, 2.24) is 36.2 Å². The van der Waals surface area contributed by atoms with Crippen LogP contribution in [0.2, 0.25) is 5.02 Å². The van der Waals surface area contributed by atoms with Crippen molar-refractivity contribution in [2.45, 2.75) is 180 Å². The second-order valence-corrected chi connectivity index (χ2v) is 23.9. The Kier molecular flexibility index (Phi) is 27.3. The Morgan fingerprint density at radius 1 is 0.826 bits per heavy atom. The van der Waals surface area contributed by atoms with E-state index in [1.165, 1.54) is 26.4 Å². The zero-order chi connectivity index (χ0) is 63.6. The molecule has 0 bridgehead atoms. The number of aliphatic hydroxyl groups excluding tert-OH is 3. The summed E-state index contributed by atoms with van der Waals surface area (Å²) in [6.07, 6.45) is -7.58. The van der Waals surface area contributed by atoms with Crippen LogP contribution in [-0.4, -0.2) is 180 Å². The van der Waals surface area contributed by atoms with E-state index in [1.54, 1.807) is 70.2 Å². The zero-order valence-electron chi connectivity index (χ0n) is 50.1. The maximum atomic E-state index is 14.0. The Morgan fingerprint density at radius 2 is 1.51 bits per heavy atom. The Morgan fingerprint density at radius 3 is 2.15 bits per heavy atom. The molecule has 2 aromatic carbocycles. The minimum atomic E-state index is -1.63. The summed E-state index contributed by atoms with van der Waals surface area (Å²) in [5.74, 6) is -6.04. The quantitative estimate of drug-likeness (QED) is 0.0378. The number of epoxide rings is 1. The lowest BCUT2D eigenvalue weighted by molar-refractivity contribution is -0.288. The van der Waals surface area contributed by atoms with E-state index < -0.39 is 138 Å². The second-order valence-electron chi connectivity index (χ2n) is 23.2. The molecule has 3 aliphatic heterocycles. The van der Waals surface area contributed by atoms with Crippen LogP contribution >= 0.6 is 11.6 Å². The molecule has 27 heteroatoms. The largest absolute Gasteiger partial charge is 0.495 e. The maximum absolute atomic E-state index is 14.0. The van der Waals surface area contributed by atoms with Crippen molar-refractivity contribution in [2.24, 2.45) is 23.2 Å². The molecule has 0 unspecified atom stereocenters. The molecule has 13 atom stereocenters. The van der Waals surface area contributed by atoms with Gasteiger partial charge in [0.15, 0.2) is 18.3 Å². The molecule has 0 aliphatic carbocycles. The van der Waals surface area contributed by atoms with Crippen LogP contribution in [0, 0.1) is 23.2 Å². The molecular weight excluding hydrogens is 1160 g/mol. The summed E-state index contributed by atoms with van der Waals surface area (Å²) in [5, 5.41) is 47.5. The van der Waals surface area contributed by atoms with Gasteiger partial charge in [-0.1, -0.05) is 82.6 Å². The number of cyclic esters (lactones) is 2. The van der Waals surface area contributed by atoms with E-state index >= 15 is 0 Å². The number of nitrogens with one attached hydrogen (secondary N) is 7. The Labute approximate surface area is 514 Å². The summed E-state index contributed by atoms with van der Waals surface area (Å²) in [4.78, 5) is 121. The number of ether oxygens (including phenoxy) is 6. The smallest absolute Gasteiger partial charge is 0.347 e. The van der Waals surface area contributed by atoms with Gasteiger partial charge in [0.05, 0.1) is 23.7 Å². The van der Waals surface area contributed by atoms with E-state index in [0.717, 1.165) is 5.56 Å². The van der Waals surface area contributed by atoms with Crippen molar-refractivity contribution in [2.75, 3.05) is 27.3 Å². The SMILES string of the molecule is COc1ccc(C[C@H]2NC(=O)/C=C/C[C@@H]([C@H](C)[C@H]3O[C@@H]3c3ccc(CNC(=O)[C@H](CCC(=O)NC[C@H]4O[C@@H](OC)[C@H](O)[C@@H](O)[C@@H]4O)NC(=O)[C@@H](NC(=O)CCCC(=O)[NH][Al])C(C)C)cc3)OC(=O)[C@H](CC(C)C)OC(=O)C(C)(C)CNC2=O)cc1Cl. The molecule has 472 valence electrons. The first-order chi connectivity index (χ1) is 40.7. The van der Waals surface area contributed by atoms with Gasteiger partial charge in [-0.05, 0) is 79.8 Å². The highest BCUT2D eigenvalue weighted by Crippen LogP contribution is 2.45. The number of methoxy groups -OCH3 is 2. The fraction of sp³-hybridized carbons (Fsp3) is 0.610. The number of aliphatic hydroxyl groups is 3. The van der Waals surface area contributed by atoms with Crippen molar-refractivity contribution in [1.29, 1.82) is 0 Å². The minimum absolute atomic E-state index is 0.0263. The minimum Gasteiger partial charge on any atom is -0.495 e. The number of hydrogen-bond acceptors (Lipinski definition) is 18. The van der Waals surface area contributed by atoms with Crippen LogP contribution in [0.4, 0.5) is 0 Å². The number of amides is 7. The van der Waals surface area contributed by atoms with Crippen molar-refractivity contribution in [3.8, 4) is 5.75 Å². The van der Waals surface area contributed by atoms with Crippen LogP contribution < -0.4 is 40.9 Å². The number of carbonyl (C=O) groups excluding carboxylic acids is 9. The monoisotopic (exact) mass is 1240 g/mol. The summed E-state index contributed by atoms with van der Waals surface area (Å²) < 4.78 is 36.4. The molecule has 5 rings (SSSR count).